The third kappa shape index (κ3) is 2.99. The molecule has 1 heterocycles. The maximum absolute atomic E-state index is 8.69. The van der Waals surface area contributed by atoms with Crippen LogP contribution in [-0.2, 0) is 0 Å². The number of benzene rings is 1. The van der Waals surface area contributed by atoms with E-state index in [1.165, 1.54) is 0 Å². The quantitative estimate of drug-likeness (QED) is 0.381. The second-order valence-corrected chi connectivity index (χ2v) is 4.95. The van der Waals surface area contributed by atoms with Gasteiger partial charge in [-0.25, -0.2) is 4.98 Å². The van der Waals surface area contributed by atoms with Gasteiger partial charge >= 0.3 is 0 Å². The van der Waals surface area contributed by atoms with Crippen LogP contribution in [0.2, 0.25) is 0 Å². The molecule has 21 heavy (non-hydrogen) atoms. The molecule has 0 bridgehead atoms. The fourth-order valence-corrected chi connectivity index (χ4v) is 2.31. The highest BCUT2D eigenvalue weighted by molar-refractivity contribution is 5.96. The van der Waals surface area contributed by atoms with E-state index in [4.69, 9.17) is 15.7 Å². The van der Waals surface area contributed by atoms with Crippen LogP contribution in [0.4, 0.5) is 5.82 Å². The first-order valence-electron chi connectivity index (χ1n) is 6.69. The van der Waals surface area contributed by atoms with Crippen LogP contribution in [0.25, 0.3) is 10.8 Å². The maximum Gasteiger partial charge on any atom is 0.141 e. The molecule has 0 aliphatic carbocycles. The molecule has 0 amide bonds. The summed E-state index contributed by atoms with van der Waals surface area (Å²) in [7, 11) is 3.59. The summed E-state index contributed by atoms with van der Waals surface area (Å²) in [5.41, 5.74) is 5.58. The van der Waals surface area contributed by atoms with Gasteiger partial charge in [0.1, 0.15) is 17.4 Å². The Balaban J connectivity index is 2.42. The monoisotopic (exact) mass is 288 g/mol. The number of ether oxygens (including phenoxy) is 1. The summed E-state index contributed by atoms with van der Waals surface area (Å²) in [5.74, 6) is 1.85. The minimum Gasteiger partial charge on any atom is -0.496 e. The van der Waals surface area contributed by atoms with Crippen molar-refractivity contribution in [2.24, 2.45) is 10.9 Å². The van der Waals surface area contributed by atoms with Crippen LogP contribution in [0.15, 0.2) is 35.6 Å². The normalized spacial score (nSPS) is 13.2. The van der Waals surface area contributed by atoms with Gasteiger partial charge in [0.25, 0.3) is 0 Å². The van der Waals surface area contributed by atoms with E-state index >= 15 is 0 Å². The van der Waals surface area contributed by atoms with E-state index < -0.39 is 0 Å². The second kappa shape index (κ2) is 6.30. The first kappa shape index (κ1) is 14.9. The molecule has 1 aromatic carbocycles. The predicted octanol–water partition coefficient (Wildman–Crippen LogP) is 2.20. The summed E-state index contributed by atoms with van der Waals surface area (Å²) >= 11 is 0. The number of methoxy groups -OCH3 is 1. The number of amidine groups is 1. The Hall–Kier alpha value is -2.50. The molecule has 0 saturated heterocycles. The molecule has 1 atom stereocenters. The van der Waals surface area contributed by atoms with E-state index in [0.717, 1.165) is 22.3 Å². The molecule has 1 aromatic heterocycles. The molecule has 112 valence electrons. The van der Waals surface area contributed by atoms with E-state index in [-0.39, 0.29) is 11.9 Å². The zero-order valence-corrected chi connectivity index (χ0v) is 12.4. The molecule has 0 saturated carbocycles. The highest BCUT2D eigenvalue weighted by Crippen LogP contribution is 2.31. The number of aromatic nitrogens is 1. The van der Waals surface area contributed by atoms with Crippen molar-refractivity contribution in [3.8, 4) is 5.75 Å². The van der Waals surface area contributed by atoms with E-state index in [2.05, 4.69) is 10.1 Å². The molecule has 0 spiro atoms. The van der Waals surface area contributed by atoms with Gasteiger partial charge in [-0.15, -0.1) is 0 Å². The van der Waals surface area contributed by atoms with Gasteiger partial charge in [0, 0.05) is 36.5 Å². The van der Waals surface area contributed by atoms with Crippen LogP contribution in [-0.4, -0.2) is 36.2 Å². The van der Waals surface area contributed by atoms with Crippen LogP contribution in [0, 0.1) is 0 Å². The van der Waals surface area contributed by atoms with E-state index in [0.29, 0.717) is 6.42 Å². The number of pyridine rings is 1. The van der Waals surface area contributed by atoms with Crippen molar-refractivity contribution in [3.63, 3.8) is 0 Å². The van der Waals surface area contributed by atoms with Crippen molar-refractivity contribution in [1.29, 1.82) is 0 Å². The molecular weight excluding hydrogens is 268 g/mol. The molecule has 0 aliphatic rings. The van der Waals surface area contributed by atoms with Crippen molar-refractivity contribution in [2.75, 3.05) is 19.1 Å². The van der Waals surface area contributed by atoms with Crippen molar-refractivity contribution < 1.29 is 9.94 Å². The van der Waals surface area contributed by atoms with Crippen molar-refractivity contribution in [3.05, 3.63) is 30.5 Å². The number of nitrogens with zero attached hydrogens (tertiary/aromatic N) is 3. The Morgan fingerprint density at radius 2 is 2.19 bits per heavy atom. The highest BCUT2D eigenvalue weighted by atomic mass is 16.5. The Labute approximate surface area is 123 Å². The molecule has 2 aromatic rings. The topological polar surface area (TPSA) is 84.0 Å². The Bertz CT molecular complexity index is 657. The lowest BCUT2D eigenvalue weighted by atomic mass is 10.1. The molecule has 1 unspecified atom stereocenters. The number of oxime groups is 1. The van der Waals surface area contributed by atoms with E-state index in [1.807, 2.05) is 43.1 Å². The number of nitrogens with two attached hydrogens (primary N) is 1. The van der Waals surface area contributed by atoms with Gasteiger partial charge in [0.2, 0.25) is 0 Å². The minimum absolute atomic E-state index is 0.0465. The van der Waals surface area contributed by atoms with Gasteiger partial charge in [-0.05, 0) is 19.1 Å². The summed E-state index contributed by atoms with van der Waals surface area (Å²) in [6.45, 7) is 2.00. The first-order valence-corrected chi connectivity index (χ1v) is 6.69. The van der Waals surface area contributed by atoms with Crippen molar-refractivity contribution in [2.45, 2.75) is 19.4 Å². The third-order valence-electron chi connectivity index (χ3n) is 3.59. The van der Waals surface area contributed by atoms with Gasteiger partial charge in [-0.3, -0.25) is 0 Å². The third-order valence-corrected chi connectivity index (χ3v) is 3.59. The van der Waals surface area contributed by atoms with Crippen LogP contribution >= 0.6 is 0 Å². The summed E-state index contributed by atoms with van der Waals surface area (Å²) in [6.07, 6.45) is 2.21. The minimum atomic E-state index is 0.0465. The number of rotatable bonds is 5. The van der Waals surface area contributed by atoms with Crippen molar-refractivity contribution in [1.82, 2.24) is 4.98 Å². The molecule has 3 N–H and O–H groups in total. The highest BCUT2D eigenvalue weighted by Gasteiger charge is 2.16. The smallest absolute Gasteiger partial charge is 0.141 e. The lowest BCUT2D eigenvalue weighted by Crippen LogP contribution is -2.33. The average molecular weight is 288 g/mol. The molecule has 6 nitrogen and oxygen atoms in total. The zero-order valence-electron chi connectivity index (χ0n) is 12.4. The van der Waals surface area contributed by atoms with Gasteiger partial charge in [0.05, 0.1) is 7.11 Å². The van der Waals surface area contributed by atoms with Gasteiger partial charge < -0.3 is 20.6 Å². The SMILES string of the molecule is COc1cccc2c(N(C)C(C)C/C(N)=N/O)nccc12. The standard InChI is InChI=1S/C15H20N4O2/c1-10(9-14(16)18-20)19(2)15-12-5-4-6-13(21-3)11(12)7-8-17-15/h4-8,10,20H,9H2,1-3H3,(H2,16,18). The second-order valence-electron chi connectivity index (χ2n) is 4.95. The number of anilines is 1. The number of fused-ring (bicyclic) bond motifs is 1. The molecule has 0 aliphatic heterocycles. The fraction of sp³-hybridized carbons (Fsp3) is 0.333. The largest absolute Gasteiger partial charge is 0.496 e. The van der Waals surface area contributed by atoms with Crippen LogP contribution in [0.5, 0.6) is 5.75 Å². The van der Waals surface area contributed by atoms with Gasteiger partial charge in [0.15, 0.2) is 0 Å². The molecule has 6 heteroatoms. The summed E-state index contributed by atoms with van der Waals surface area (Å²) in [6, 6.07) is 7.85. The lowest BCUT2D eigenvalue weighted by molar-refractivity contribution is 0.316. The van der Waals surface area contributed by atoms with Crippen molar-refractivity contribution >= 4 is 22.4 Å². The number of hydrogen-bond acceptors (Lipinski definition) is 5. The fourth-order valence-electron chi connectivity index (χ4n) is 2.31. The lowest BCUT2D eigenvalue weighted by Gasteiger charge is -2.26. The predicted molar refractivity (Wildman–Crippen MR) is 84.2 cm³/mol. The maximum atomic E-state index is 8.69. The molecule has 2 rings (SSSR count). The Morgan fingerprint density at radius 3 is 2.86 bits per heavy atom. The van der Waals surface area contributed by atoms with E-state index in [1.54, 1.807) is 13.3 Å². The summed E-state index contributed by atoms with van der Waals surface area (Å²) in [5, 5.41) is 13.7. The van der Waals surface area contributed by atoms with Crippen LogP contribution in [0.3, 0.4) is 0 Å². The van der Waals surface area contributed by atoms with Crippen LogP contribution < -0.4 is 15.4 Å². The summed E-state index contributed by atoms with van der Waals surface area (Å²) < 4.78 is 5.39. The molecule has 0 radical (unpaired) electrons. The Morgan fingerprint density at radius 1 is 1.43 bits per heavy atom. The van der Waals surface area contributed by atoms with E-state index in [9.17, 15) is 0 Å². The summed E-state index contributed by atoms with van der Waals surface area (Å²) in [4.78, 5) is 6.48. The number of hydrogen-bond donors (Lipinski definition) is 2. The Kier molecular flexibility index (Phi) is 4.47. The molecule has 0 fully saturated rings. The molecular formula is C15H20N4O2. The van der Waals surface area contributed by atoms with Crippen LogP contribution in [0.1, 0.15) is 13.3 Å². The average Bonchev–Trinajstić information content (AvgIpc) is 2.52. The first-order chi connectivity index (χ1) is 10.1. The zero-order chi connectivity index (χ0) is 15.4. The van der Waals surface area contributed by atoms with Gasteiger partial charge in [-0.2, -0.15) is 0 Å². The van der Waals surface area contributed by atoms with Gasteiger partial charge in [-0.1, -0.05) is 17.3 Å².